The molecule has 4 aliphatic heterocycles. The molecular weight excluding hydrogens is 904 g/mol. The van der Waals surface area contributed by atoms with Crippen LogP contribution in [-0.4, -0.2) is 227 Å². The first kappa shape index (κ1) is 54.3. The van der Waals surface area contributed by atoms with E-state index in [2.05, 4.69) is 0 Å². The summed E-state index contributed by atoms with van der Waals surface area (Å²) in [5.41, 5.74) is 0. The van der Waals surface area contributed by atoms with E-state index < -0.39 is 191 Å². The zero-order valence-corrected chi connectivity index (χ0v) is 36.6. The summed E-state index contributed by atoms with van der Waals surface area (Å²) in [5.74, 6) is -6.85. The van der Waals surface area contributed by atoms with Gasteiger partial charge in [-0.05, 0) is 0 Å². The van der Waals surface area contributed by atoms with Crippen molar-refractivity contribution >= 4 is 41.8 Å². The van der Waals surface area contributed by atoms with Gasteiger partial charge in [-0.3, -0.25) is 33.6 Å². The number of aliphatic hydroxyl groups is 7. The van der Waals surface area contributed by atoms with Crippen LogP contribution in [0.3, 0.4) is 0 Å². The van der Waals surface area contributed by atoms with Crippen LogP contribution in [0.4, 0.5) is 0 Å². The molecule has 20 atom stereocenters. The molecule has 0 bridgehead atoms. The Morgan fingerprint density at radius 2 is 0.697 bits per heavy atom. The fourth-order valence-electron chi connectivity index (χ4n) is 7.46. The van der Waals surface area contributed by atoms with Crippen molar-refractivity contribution in [2.75, 3.05) is 26.4 Å². The average Bonchev–Trinajstić information content (AvgIpc) is 3.22. The summed E-state index contributed by atoms with van der Waals surface area (Å²) >= 11 is 0. The van der Waals surface area contributed by atoms with Crippen molar-refractivity contribution in [3.8, 4) is 0 Å². The first-order chi connectivity index (χ1) is 31.0. The number of carbonyl (C=O) groups excluding carboxylic acids is 7. The van der Waals surface area contributed by atoms with E-state index in [1.165, 1.54) is 0 Å². The van der Waals surface area contributed by atoms with Gasteiger partial charge in [-0.15, -0.1) is 0 Å². The number of carbonyl (C=O) groups is 7. The lowest BCUT2D eigenvalue weighted by Gasteiger charge is -2.50. The molecule has 0 aliphatic carbocycles. The molecule has 0 amide bonds. The van der Waals surface area contributed by atoms with Crippen LogP contribution in [0.1, 0.15) is 48.5 Å². The average molecular weight is 961 g/mol. The predicted molar refractivity (Wildman–Crippen MR) is 201 cm³/mol. The minimum absolute atomic E-state index is 0.688. The molecule has 0 spiro atoms. The highest BCUT2D eigenvalue weighted by Gasteiger charge is 2.59. The zero-order valence-electron chi connectivity index (χ0n) is 36.6. The number of esters is 7. The van der Waals surface area contributed by atoms with Crippen molar-refractivity contribution < 1.29 is 136 Å². The molecule has 4 aliphatic rings. The highest BCUT2D eigenvalue weighted by Crippen LogP contribution is 2.38. The third-order valence-corrected chi connectivity index (χ3v) is 10.1. The SMILES string of the molecule is CC(=O)OC[C@H]1O[C@@H](O[C@H]2[C@H](OC(C)=O)[C@@H](OC(C)=O)[C@H](O[C@H]3[C@H](O)[C@@H](O)[C@H](O[C@H]4[C@H](O)[C@@H](O)[C@H](O)O[C@@H]4CO)O[C@@H]3CO)O[C@@H]2COC(C)=O)[C@H](OC(C)=O)[C@@H](OC(C)=O)[C@@H]1OC(C)=O. The Bertz CT molecular complexity index is 1690. The van der Waals surface area contributed by atoms with Crippen LogP contribution in [0.2, 0.25) is 0 Å². The smallest absolute Gasteiger partial charge is 0.303 e. The molecular formula is C38H56O28. The minimum Gasteiger partial charge on any atom is -0.463 e. The van der Waals surface area contributed by atoms with Gasteiger partial charge in [0.15, 0.2) is 55.7 Å². The maximum Gasteiger partial charge on any atom is 0.303 e. The van der Waals surface area contributed by atoms with Gasteiger partial charge in [0.05, 0.1) is 13.2 Å². The lowest BCUT2D eigenvalue weighted by Crippen LogP contribution is -2.69. The van der Waals surface area contributed by atoms with Crippen LogP contribution < -0.4 is 0 Å². The highest BCUT2D eigenvalue weighted by molar-refractivity contribution is 5.69. The molecule has 28 nitrogen and oxygen atoms in total. The van der Waals surface area contributed by atoms with E-state index in [1.807, 2.05) is 0 Å². The number of hydrogen-bond donors (Lipinski definition) is 7. The lowest BCUT2D eigenvalue weighted by atomic mass is 9.95. The quantitative estimate of drug-likeness (QED) is 0.0527. The van der Waals surface area contributed by atoms with E-state index in [0.29, 0.717) is 0 Å². The normalized spacial score (nSPS) is 39.1. The van der Waals surface area contributed by atoms with Gasteiger partial charge in [-0.1, -0.05) is 0 Å². The van der Waals surface area contributed by atoms with E-state index in [9.17, 15) is 69.3 Å². The first-order valence-corrected chi connectivity index (χ1v) is 20.3. The second-order valence-electron chi connectivity index (χ2n) is 15.3. The van der Waals surface area contributed by atoms with Crippen LogP contribution in [0, 0.1) is 0 Å². The second-order valence-corrected chi connectivity index (χ2v) is 15.3. The van der Waals surface area contributed by atoms with E-state index in [4.69, 9.17) is 66.3 Å². The van der Waals surface area contributed by atoms with Crippen molar-refractivity contribution in [2.24, 2.45) is 0 Å². The molecule has 0 aromatic rings. The van der Waals surface area contributed by atoms with Crippen LogP contribution in [0.5, 0.6) is 0 Å². The summed E-state index contributed by atoms with van der Waals surface area (Å²) < 4.78 is 78.6. The molecule has 0 radical (unpaired) electrons. The number of aliphatic hydroxyl groups excluding tert-OH is 7. The summed E-state index contributed by atoms with van der Waals surface area (Å²) in [6, 6.07) is 0. The summed E-state index contributed by atoms with van der Waals surface area (Å²) in [6.45, 7) is 3.40. The lowest BCUT2D eigenvalue weighted by molar-refractivity contribution is -0.388. The fourth-order valence-corrected chi connectivity index (χ4v) is 7.46. The molecule has 28 heteroatoms. The highest BCUT2D eigenvalue weighted by atomic mass is 16.8. The van der Waals surface area contributed by atoms with Crippen LogP contribution in [0.25, 0.3) is 0 Å². The molecule has 0 saturated carbocycles. The number of hydrogen-bond acceptors (Lipinski definition) is 28. The molecule has 0 aromatic carbocycles. The number of rotatable bonds is 17. The van der Waals surface area contributed by atoms with Crippen molar-refractivity contribution in [1.82, 2.24) is 0 Å². The van der Waals surface area contributed by atoms with Crippen molar-refractivity contribution in [2.45, 2.75) is 171 Å². The molecule has 4 rings (SSSR count). The predicted octanol–water partition coefficient (Wildman–Crippen LogP) is -5.75. The second kappa shape index (κ2) is 24.1. The topological polar surface area (TPSA) is 390 Å². The van der Waals surface area contributed by atoms with Gasteiger partial charge in [0.2, 0.25) is 0 Å². The summed E-state index contributed by atoms with van der Waals surface area (Å²) in [7, 11) is 0. The van der Waals surface area contributed by atoms with Crippen molar-refractivity contribution in [3.63, 3.8) is 0 Å². The van der Waals surface area contributed by atoms with E-state index in [-0.39, 0.29) is 0 Å². The standard InChI is InChI=1S/C38H56O28/c1-12(41)53-10-21-29(55-14(3)43)31(56-15(4)44)33(58-17(6)46)38(62-21)66-30-22(11-54-13(2)42)63-37(34(59-18(7)47)32(30)57-16(5)45)65-28-20(9-40)61-36(26(51)24(28)49)64-27-19(8-39)60-35(52)25(50)23(27)48/h19-40,48-52H,8-11H2,1-7H3/t19-,20-,21-,22-,23-,24-,25-,26-,27-,28-,29-,30-,31+,32+,33-,34-,35-,36+,37+,38+/m1/s1. The summed E-state index contributed by atoms with van der Waals surface area (Å²) in [4.78, 5) is 86.9. The Morgan fingerprint density at radius 1 is 0.364 bits per heavy atom. The van der Waals surface area contributed by atoms with Gasteiger partial charge in [0, 0.05) is 48.5 Å². The van der Waals surface area contributed by atoms with Crippen LogP contribution in [0.15, 0.2) is 0 Å². The Balaban J connectivity index is 1.76. The Morgan fingerprint density at radius 3 is 1.12 bits per heavy atom. The van der Waals surface area contributed by atoms with Crippen molar-refractivity contribution in [3.05, 3.63) is 0 Å². The summed E-state index contributed by atoms with van der Waals surface area (Å²) in [6.07, 6.45) is -37.2. The van der Waals surface area contributed by atoms with Crippen molar-refractivity contribution in [1.29, 1.82) is 0 Å². The van der Waals surface area contributed by atoms with Crippen LogP contribution >= 0.6 is 0 Å². The molecule has 0 unspecified atom stereocenters. The Labute approximate surface area is 374 Å². The van der Waals surface area contributed by atoms with Crippen LogP contribution in [-0.2, 0) is 99.9 Å². The molecule has 66 heavy (non-hydrogen) atoms. The molecule has 4 saturated heterocycles. The van der Waals surface area contributed by atoms with E-state index in [1.54, 1.807) is 0 Å². The van der Waals surface area contributed by atoms with Gasteiger partial charge in [-0.2, -0.15) is 0 Å². The van der Waals surface area contributed by atoms with E-state index in [0.717, 1.165) is 48.5 Å². The number of ether oxygens (including phenoxy) is 14. The third kappa shape index (κ3) is 13.9. The Hall–Kier alpha value is -4.27. The molecule has 4 heterocycles. The maximum absolute atomic E-state index is 12.8. The minimum atomic E-state index is -2.15. The van der Waals surface area contributed by atoms with Gasteiger partial charge in [0.1, 0.15) is 80.4 Å². The largest absolute Gasteiger partial charge is 0.463 e. The van der Waals surface area contributed by atoms with Gasteiger partial charge >= 0.3 is 41.8 Å². The Kier molecular flexibility index (Phi) is 19.9. The molecule has 4 fully saturated rings. The molecule has 0 aromatic heterocycles. The maximum atomic E-state index is 12.8. The summed E-state index contributed by atoms with van der Waals surface area (Å²) in [5, 5.41) is 73.4. The fraction of sp³-hybridized carbons (Fsp3) is 0.816. The zero-order chi connectivity index (χ0) is 49.3. The van der Waals surface area contributed by atoms with Gasteiger partial charge in [-0.25, -0.2) is 0 Å². The molecule has 7 N–H and O–H groups in total. The van der Waals surface area contributed by atoms with E-state index >= 15 is 0 Å². The van der Waals surface area contributed by atoms with Gasteiger partial charge in [0.25, 0.3) is 0 Å². The van der Waals surface area contributed by atoms with Gasteiger partial charge < -0.3 is 102 Å². The first-order valence-electron chi connectivity index (χ1n) is 20.3. The molecule has 376 valence electrons. The third-order valence-electron chi connectivity index (χ3n) is 10.1. The monoisotopic (exact) mass is 960 g/mol.